The number of nitrogens with zero attached hydrogens (tertiary/aromatic N) is 1. The molecule has 0 saturated heterocycles. The van der Waals surface area contributed by atoms with Crippen LogP contribution < -0.4 is 0 Å². The first-order valence-corrected chi connectivity index (χ1v) is 7.27. The van der Waals surface area contributed by atoms with Crippen LogP contribution in [0.2, 0.25) is 0 Å². The predicted molar refractivity (Wildman–Crippen MR) is 86.5 cm³/mol. The Balaban J connectivity index is 1.96. The van der Waals surface area contributed by atoms with Gasteiger partial charge in [0.2, 0.25) is 0 Å². The third-order valence-corrected chi connectivity index (χ3v) is 3.25. The molecule has 0 N–H and O–H groups in total. The molecule has 0 aromatic heterocycles. The van der Waals surface area contributed by atoms with Gasteiger partial charge in [-0.1, -0.05) is 42.5 Å². The highest BCUT2D eigenvalue weighted by molar-refractivity contribution is 5.83. The maximum absolute atomic E-state index is 11.9. The molecule has 0 atom stereocenters. The Hall–Kier alpha value is -2.03. The molecule has 0 aliphatic rings. The Bertz CT molecular complexity index is 628. The molecule has 0 bridgehead atoms. The molecule has 3 heteroatoms. The molecule has 2 aromatic rings. The minimum absolute atomic E-state index is 0.275. The summed E-state index contributed by atoms with van der Waals surface area (Å²) in [5.41, 5.74) is 0.776. The zero-order valence-electron chi connectivity index (χ0n) is 13.2. The van der Waals surface area contributed by atoms with E-state index >= 15 is 0 Å². The highest BCUT2D eigenvalue weighted by atomic mass is 16.6. The van der Waals surface area contributed by atoms with Gasteiger partial charge in [-0.2, -0.15) is 0 Å². The van der Waals surface area contributed by atoms with Crippen molar-refractivity contribution in [2.24, 2.45) is 0 Å². The lowest BCUT2D eigenvalue weighted by atomic mass is 10.1. The maximum atomic E-state index is 11.9. The van der Waals surface area contributed by atoms with Gasteiger partial charge in [0, 0.05) is 13.6 Å². The summed E-state index contributed by atoms with van der Waals surface area (Å²) in [6.45, 7) is 6.28. The lowest BCUT2D eigenvalue weighted by Gasteiger charge is -2.24. The zero-order chi connectivity index (χ0) is 15.5. The van der Waals surface area contributed by atoms with E-state index in [9.17, 15) is 4.79 Å². The van der Waals surface area contributed by atoms with Crippen LogP contribution in [0.3, 0.4) is 0 Å². The number of fused-ring (bicyclic) bond motifs is 1. The van der Waals surface area contributed by atoms with Crippen LogP contribution >= 0.6 is 0 Å². The van der Waals surface area contributed by atoms with Crippen LogP contribution in [-0.2, 0) is 11.2 Å². The SMILES string of the molecule is CN(CCc1ccc2ccccc2c1)C(=O)OC(C)(C)C. The molecule has 2 rings (SSSR count). The lowest BCUT2D eigenvalue weighted by Crippen LogP contribution is -2.35. The van der Waals surface area contributed by atoms with Gasteiger partial charge in [0.25, 0.3) is 0 Å². The molecule has 0 aliphatic carbocycles. The van der Waals surface area contributed by atoms with Crippen LogP contribution in [0, 0.1) is 0 Å². The summed E-state index contributed by atoms with van der Waals surface area (Å²) in [6.07, 6.45) is 0.545. The van der Waals surface area contributed by atoms with Crippen molar-refractivity contribution in [3.63, 3.8) is 0 Å². The molecule has 0 unspecified atom stereocenters. The molecule has 3 nitrogen and oxygen atoms in total. The largest absolute Gasteiger partial charge is 0.444 e. The van der Waals surface area contributed by atoms with Crippen LogP contribution in [0.1, 0.15) is 26.3 Å². The first kappa shape index (κ1) is 15.4. The van der Waals surface area contributed by atoms with Crippen molar-refractivity contribution in [3.05, 3.63) is 48.0 Å². The number of benzene rings is 2. The number of carbonyl (C=O) groups excluding carboxylic acids is 1. The molecule has 2 aromatic carbocycles. The third-order valence-electron chi connectivity index (χ3n) is 3.25. The molecule has 0 fully saturated rings. The molecule has 21 heavy (non-hydrogen) atoms. The zero-order valence-corrected chi connectivity index (χ0v) is 13.2. The molecule has 0 aliphatic heterocycles. The quantitative estimate of drug-likeness (QED) is 0.843. The molecule has 0 spiro atoms. The maximum Gasteiger partial charge on any atom is 0.410 e. The van der Waals surface area contributed by atoms with Gasteiger partial charge in [-0.15, -0.1) is 0 Å². The van der Waals surface area contributed by atoms with Gasteiger partial charge in [-0.25, -0.2) is 4.79 Å². The average Bonchev–Trinajstić information content (AvgIpc) is 2.42. The van der Waals surface area contributed by atoms with E-state index in [1.165, 1.54) is 16.3 Å². The minimum Gasteiger partial charge on any atom is -0.444 e. The number of carbonyl (C=O) groups is 1. The normalized spacial score (nSPS) is 11.4. The molecule has 0 heterocycles. The molecular formula is C18H23NO2. The molecule has 0 radical (unpaired) electrons. The number of likely N-dealkylation sites (N-methyl/N-ethyl adjacent to an activating group) is 1. The molecule has 112 valence electrons. The van der Waals surface area contributed by atoms with E-state index < -0.39 is 5.60 Å². The van der Waals surface area contributed by atoms with E-state index in [0.29, 0.717) is 6.54 Å². The van der Waals surface area contributed by atoms with Crippen LogP contribution in [0.15, 0.2) is 42.5 Å². The Morgan fingerprint density at radius 3 is 2.43 bits per heavy atom. The van der Waals surface area contributed by atoms with Gasteiger partial charge in [-0.3, -0.25) is 0 Å². The van der Waals surface area contributed by atoms with Crippen molar-refractivity contribution in [3.8, 4) is 0 Å². The summed E-state index contributed by atoms with van der Waals surface area (Å²) >= 11 is 0. The van der Waals surface area contributed by atoms with E-state index in [1.807, 2.05) is 32.9 Å². The van der Waals surface area contributed by atoms with Gasteiger partial charge in [0.1, 0.15) is 5.60 Å². The van der Waals surface area contributed by atoms with Crippen molar-refractivity contribution in [2.75, 3.05) is 13.6 Å². The first-order valence-electron chi connectivity index (χ1n) is 7.27. The van der Waals surface area contributed by atoms with Crippen molar-refractivity contribution in [2.45, 2.75) is 32.8 Å². The first-order chi connectivity index (χ1) is 9.85. The van der Waals surface area contributed by atoms with Gasteiger partial charge in [0.05, 0.1) is 0 Å². The van der Waals surface area contributed by atoms with Crippen LogP contribution in [0.5, 0.6) is 0 Å². The number of hydrogen-bond acceptors (Lipinski definition) is 2. The Kier molecular flexibility index (Phi) is 4.51. The third kappa shape index (κ3) is 4.48. The Morgan fingerprint density at radius 1 is 1.10 bits per heavy atom. The summed E-state index contributed by atoms with van der Waals surface area (Å²) in [6, 6.07) is 14.7. The summed E-state index contributed by atoms with van der Waals surface area (Å²) in [5.74, 6) is 0. The van der Waals surface area contributed by atoms with E-state index in [-0.39, 0.29) is 6.09 Å². The topological polar surface area (TPSA) is 29.5 Å². The second-order valence-corrected chi connectivity index (χ2v) is 6.33. The Morgan fingerprint density at radius 2 is 1.76 bits per heavy atom. The summed E-state index contributed by atoms with van der Waals surface area (Å²) in [7, 11) is 1.77. The molecular weight excluding hydrogens is 262 g/mol. The average molecular weight is 285 g/mol. The molecule has 1 amide bonds. The van der Waals surface area contributed by atoms with Crippen LogP contribution in [0.4, 0.5) is 4.79 Å². The van der Waals surface area contributed by atoms with Gasteiger partial charge >= 0.3 is 6.09 Å². The van der Waals surface area contributed by atoms with Crippen molar-refractivity contribution in [1.29, 1.82) is 0 Å². The fourth-order valence-corrected chi connectivity index (χ4v) is 2.12. The standard InChI is InChI=1S/C18H23NO2/c1-18(2,3)21-17(20)19(4)12-11-14-9-10-15-7-5-6-8-16(15)13-14/h5-10,13H,11-12H2,1-4H3. The smallest absolute Gasteiger partial charge is 0.410 e. The fourth-order valence-electron chi connectivity index (χ4n) is 2.12. The van der Waals surface area contributed by atoms with Crippen molar-refractivity contribution >= 4 is 16.9 Å². The van der Waals surface area contributed by atoms with Crippen LogP contribution in [-0.4, -0.2) is 30.2 Å². The summed E-state index contributed by atoms with van der Waals surface area (Å²) < 4.78 is 5.35. The van der Waals surface area contributed by atoms with Crippen LogP contribution in [0.25, 0.3) is 10.8 Å². The highest BCUT2D eigenvalue weighted by Crippen LogP contribution is 2.16. The van der Waals surface area contributed by atoms with E-state index in [2.05, 4.69) is 30.3 Å². The second kappa shape index (κ2) is 6.17. The van der Waals surface area contributed by atoms with E-state index in [0.717, 1.165) is 6.42 Å². The van der Waals surface area contributed by atoms with E-state index in [4.69, 9.17) is 4.74 Å². The van der Waals surface area contributed by atoms with Crippen molar-refractivity contribution < 1.29 is 9.53 Å². The number of hydrogen-bond donors (Lipinski definition) is 0. The summed E-state index contributed by atoms with van der Waals surface area (Å²) in [5, 5.41) is 2.47. The fraction of sp³-hybridized carbons (Fsp3) is 0.389. The molecule has 0 saturated carbocycles. The minimum atomic E-state index is -0.450. The monoisotopic (exact) mass is 285 g/mol. The van der Waals surface area contributed by atoms with Gasteiger partial charge < -0.3 is 9.64 Å². The Labute approximate surface area is 126 Å². The van der Waals surface area contributed by atoms with Crippen molar-refractivity contribution in [1.82, 2.24) is 4.90 Å². The summed E-state index contributed by atoms with van der Waals surface area (Å²) in [4.78, 5) is 13.5. The van der Waals surface area contributed by atoms with Gasteiger partial charge in [0.15, 0.2) is 0 Å². The second-order valence-electron chi connectivity index (χ2n) is 6.33. The van der Waals surface area contributed by atoms with E-state index in [1.54, 1.807) is 11.9 Å². The number of amides is 1. The van der Waals surface area contributed by atoms with Gasteiger partial charge in [-0.05, 0) is 43.5 Å². The predicted octanol–water partition coefficient (Wildman–Crippen LogP) is 4.25. The number of ether oxygens (including phenoxy) is 1. The number of rotatable bonds is 3. The highest BCUT2D eigenvalue weighted by Gasteiger charge is 2.19. The lowest BCUT2D eigenvalue weighted by molar-refractivity contribution is 0.0301.